The molecule has 0 radical (unpaired) electrons. The van der Waals surface area contributed by atoms with Crippen molar-refractivity contribution in [2.45, 2.75) is 20.0 Å². The Hall–Kier alpha value is -4.13. The second-order valence-corrected chi connectivity index (χ2v) is 7.69. The molecule has 0 fully saturated rings. The molecule has 0 aliphatic carbocycles. The van der Waals surface area contributed by atoms with Crippen LogP contribution in [0.2, 0.25) is 0 Å². The van der Waals surface area contributed by atoms with E-state index in [1.807, 2.05) is 13.8 Å². The fourth-order valence-electron chi connectivity index (χ4n) is 3.60. The quantitative estimate of drug-likeness (QED) is 0.517. The molecule has 0 saturated heterocycles. The SMILES string of the molecule is COc1ccccc1C1=C(Nc2ccc(OC(C)C)cc2)C(=O)N(c2ccc(F)cc2)C1=O. The first kappa shape index (κ1) is 22.1. The van der Waals surface area contributed by atoms with Gasteiger partial charge >= 0.3 is 0 Å². The second kappa shape index (κ2) is 9.16. The van der Waals surface area contributed by atoms with Crippen LogP contribution in [-0.2, 0) is 9.59 Å². The van der Waals surface area contributed by atoms with Gasteiger partial charge in [0.05, 0.1) is 24.5 Å². The van der Waals surface area contributed by atoms with Gasteiger partial charge in [0.25, 0.3) is 11.8 Å². The predicted molar refractivity (Wildman–Crippen MR) is 125 cm³/mol. The van der Waals surface area contributed by atoms with Crippen LogP contribution in [0.4, 0.5) is 15.8 Å². The van der Waals surface area contributed by atoms with Crippen LogP contribution in [0.25, 0.3) is 5.57 Å². The van der Waals surface area contributed by atoms with Gasteiger partial charge in [-0.25, -0.2) is 9.29 Å². The zero-order valence-electron chi connectivity index (χ0n) is 18.5. The van der Waals surface area contributed by atoms with E-state index in [1.54, 1.807) is 48.5 Å². The van der Waals surface area contributed by atoms with Gasteiger partial charge < -0.3 is 14.8 Å². The molecule has 168 valence electrons. The molecule has 0 unspecified atom stereocenters. The van der Waals surface area contributed by atoms with Crippen LogP contribution in [0.15, 0.2) is 78.5 Å². The van der Waals surface area contributed by atoms with Crippen LogP contribution in [0.3, 0.4) is 0 Å². The number of ether oxygens (including phenoxy) is 2. The highest BCUT2D eigenvalue weighted by atomic mass is 19.1. The summed E-state index contributed by atoms with van der Waals surface area (Å²) in [5, 5.41) is 3.10. The van der Waals surface area contributed by atoms with E-state index in [4.69, 9.17) is 9.47 Å². The van der Waals surface area contributed by atoms with Gasteiger partial charge in [0.15, 0.2) is 0 Å². The second-order valence-electron chi connectivity index (χ2n) is 7.69. The van der Waals surface area contributed by atoms with Crippen LogP contribution in [0, 0.1) is 5.82 Å². The Morgan fingerprint density at radius 2 is 1.55 bits per heavy atom. The number of benzene rings is 3. The normalized spacial score (nSPS) is 13.7. The van der Waals surface area contributed by atoms with E-state index in [0.29, 0.717) is 22.7 Å². The molecule has 1 aliphatic heterocycles. The van der Waals surface area contributed by atoms with Crippen molar-refractivity contribution in [3.05, 3.63) is 89.9 Å². The Morgan fingerprint density at radius 1 is 0.879 bits per heavy atom. The highest BCUT2D eigenvalue weighted by molar-refractivity contribution is 6.46. The van der Waals surface area contributed by atoms with E-state index in [2.05, 4.69) is 5.32 Å². The Balaban J connectivity index is 1.77. The van der Waals surface area contributed by atoms with Gasteiger partial charge in [-0.1, -0.05) is 18.2 Å². The molecule has 6 nitrogen and oxygen atoms in total. The molecule has 1 aliphatic rings. The molecule has 0 spiro atoms. The molecule has 1 heterocycles. The van der Waals surface area contributed by atoms with Crippen molar-refractivity contribution in [1.82, 2.24) is 0 Å². The summed E-state index contributed by atoms with van der Waals surface area (Å²) >= 11 is 0. The van der Waals surface area contributed by atoms with Crippen molar-refractivity contribution >= 4 is 28.8 Å². The van der Waals surface area contributed by atoms with E-state index in [9.17, 15) is 14.0 Å². The Bertz CT molecular complexity index is 1220. The number of carbonyl (C=O) groups excluding carboxylic acids is 2. The maximum absolute atomic E-state index is 13.5. The molecule has 2 amide bonds. The van der Waals surface area contributed by atoms with Crippen LogP contribution in [0.1, 0.15) is 19.4 Å². The summed E-state index contributed by atoms with van der Waals surface area (Å²) in [5.41, 5.74) is 1.63. The molecule has 7 heteroatoms. The molecule has 1 N–H and O–H groups in total. The minimum atomic E-state index is -0.546. The topological polar surface area (TPSA) is 67.9 Å². The van der Waals surface area contributed by atoms with E-state index >= 15 is 0 Å². The number of para-hydroxylation sites is 1. The molecule has 0 aromatic heterocycles. The average Bonchev–Trinajstić information content (AvgIpc) is 3.04. The minimum absolute atomic E-state index is 0.0296. The number of nitrogens with zero attached hydrogens (tertiary/aromatic N) is 1. The fraction of sp³-hybridized carbons (Fsp3) is 0.154. The number of rotatable bonds is 7. The molecule has 0 atom stereocenters. The third-order valence-corrected chi connectivity index (χ3v) is 5.04. The number of anilines is 2. The molecule has 0 saturated carbocycles. The lowest BCUT2D eigenvalue weighted by Gasteiger charge is -2.15. The Labute approximate surface area is 191 Å². The smallest absolute Gasteiger partial charge is 0.282 e. The summed E-state index contributed by atoms with van der Waals surface area (Å²) < 4.78 is 24.6. The van der Waals surface area contributed by atoms with Gasteiger partial charge in [0.2, 0.25) is 0 Å². The number of methoxy groups -OCH3 is 1. The zero-order valence-corrected chi connectivity index (χ0v) is 18.5. The zero-order chi connectivity index (χ0) is 23.5. The number of amides is 2. The van der Waals surface area contributed by atoms with Crippen molar-refractivity contribution in [3.63, 3.8) is 0 Å². The molecule has 33 heavy (non-hydrogen) atoms. The molecular weight excluding hydrogens is 423 g/mol. The summed E-state index contributed by atoms with van der Waals surface area (Å²) in [7, 11) is 1.50. The average molecular weight is 446 g/mol. The molecule has 3 aromatic rings. The molecule has 4 rings (SSSR count). The number of hydrogen-bond acceptors (Lipinski definition) is 5. The number of carbonyl (C=O) groups is 2. The number of hydrogen-bond donors (Lipinski definition) is 1. The predicted octanol–water partition coefficient (Wildman–Crippen LogP) is 5.02. The van der Waals surface area contributed by atoms with Gasteiger partial charge in [0.1, 0.15) is 23.0 Å². The summed E-state index contributed by atoms with van der Waals surface area (Å²) in [6.45, 7) is 3.87. The van der Waals surface area contributed by atoms with Crippen LogP contribution < -0.4 is 19.7 Å². The van der Waals surface area contributed by atoms with Crippen molar-refractivity contribution in [3.8, 4) is 11.5 Å². The summed E-state index contributed by atoms with van der Waals surface area (Å²) in [6.07, 6.45) is 0.0296. The number of nitrogens with one attached hydrogen (secondary N) is 1. The lowest BCUT2D eigenvalue weighted by Crippen LogP contribution is -2.32. The monoisotopic (exact) mass is 446 g/mol. The van der Waals surface area contributed by atoms with E-state index in [-0.39, 0.29) is 23.1 Å². The first-order chi connectivity index (χ1) is 15.9. The summed E-state index contributed by atoms with van der Waals surface area (Å²) in [6, 6.07) is 19.3. The van der Waals surface area contributed by atoms with Crippen molar-refractivity contribution in [2.75, 3.05) is 17.3 Å². The van der Waals surface area contributed by atoms with Crippen LogP contribution >= 0.6 is 0 Å². The van der Waals surface area contributed by atoms with Crippen molar-refractivity contribution < 1.29 is 23.5 Å². The third-order valence-electron chi connectivity index (χ3n) is 5.04. The van der Waals surface area contributed by atoms with Crippen molar-refractivity contribution in [1.29, 1.82) is 0 Å². The Morgan fingerprint density at radius 3 is 2.18 bits per heavy atom. The van der Waals surface area contributed by atoms with E-state index in [0.717, 1.165) is 4.90 Å². The van der Waals surface area contributed by atoms with Gasteiger partial charge in [-0.15, -0.1) is 0 Å². The summed E-state index contributed by atoms with van der Waals surface area (Å²) in [5.74, 6) is -0.392. The maximum Gasteiger partial charge on any atom is 0.282 e. The molecular formula is C26H23FN2O4. The van der Waals surface area contributed by atoms with Gasteiger partial charge in [-0.2, -0.15) is 0 Å². The standard InChI is InChI=1S/C26H23FN2O4/c1-16(2)33-20-14-10-18(11-15-20)28-24-23(21-6-4-5-7-22(21)32-3)25(30)29(26(24)31)19-12-8-17(27)9-13-19/h4-16,28H,1-3H3. The highest BCUT2D eigenvalue weighted by Crippen LogP contribution is 2.37. The number of halogens is 1. The minimum Gasteiger partial charge on any atom is -0.496 e. The first-order valence-electron chi connectivity index (χ1n) is 10.4. The van der Waals surface area contributed by atoms with E-state index in [1.165, 1.54) is 31.4 Å². The maximum atomic E-state index is 13.5. The van der Waals surface area contributed by atoms with Crippen LogP contribution in [-0.4, -0.2) is 25.0 Å². The van der Waals surface area contributed by atoms with Crippen molar-refractivity contribution in [2.24, 2.45) is 0 Å². The largest absolute Gasteiger partial charge is 0.496 e. The van der Waals surface area contributed by atoms with Gasteiger partial charge in [-0.3, -0.25) is 9.59 Å². The van der Waals surface area contributed by atoms with Gasteiger partial charge in [-0.05, 0) is 68.4 Å². The van der Waals surface area contributed by atoms with Gasteiger partial charge in [0, 0.05) is 11.3 Å². The lowest BCUT2D eigenvalue weighted by atomic mass is 10.0. The van der Waals surface area contributed by atoms with Crippen LogP contribution in [0.5, 0.6) is 11.5 Å². The number of imide groups is 1. The van der Waals surface area contributed by atoms with E-state index < -0.39 is 17.6 Å². The molecule has 3 aromatic carbocycles. The fourth-order valence-corrected chi connectivity index (χ4v) is 3.60. The first-order valence-corrected chi connectivity index (χ1v) is 10.4. The third kappa shape index (κ3) is 4.43. The summed E-state index contributed by atoms with van der Waals surface area (Å²) in [4.78, 5) is 27.9. The lowest BCUT2D eigenvalue weighted by molar-refractivity contribution is -0.120. The Kier molecular flexibility index (Phi) is 6.13. The highest BCUT2D eigenvalue weighted by Gasteiger charge is 2.41. The molecule has 0 bridgehead atoms.